The summed E-state index contributed by atoms with van der Waals surface area (Å²) >= 11 is 2.77. The van der Waals surface area contributed by atoms with Crippen LogP contribution in [0.15, 0.2) is 47.6 Å². The maximum absolute atomic E-state index is 2.77. The van der Waals surface area contributed by atoms with Crippen LogP contribution in [0, 0.1) is 0 Å². The van der Waals surface area contributed by atoms with E-state index in [1.807, 2.05) is 0 Å². The fraction of sp³-hybridized carbons (Fsp3) is 0.273. The Balaban J connectivity index is 2.05. The molecular formula is C11H11V. The van der Waals surface area contributed by atoms with E-state index < -0.39 is 0 Å². The van der Waals surface area contributed by atoms with Crippen molar-refractivity contribution in [3.63, 3.8) is 0 Å². The summed E-state index contributed by atoms with van der Waals surface area (Å²) in [5.74, 6) is 0. The molecule has 0 nitrogen and oxygen atoms in total. The molecule has 0 amide bonds. The van der Waals surface area contributed by atoms with Gasteiger partial charge in [-0.3, -0.25) is 0 Å². The third kappa shape index (κ3) is 1.50. The van der Waals surface area contributed by atoms with Gasteiger partial charge in [-0.15, -0.1) is 0 Å². The Morgan fingerprint density at radius 2 is 1.50 bits per heavy atom. The minimum atomic E-state index is 0.586. The molecule has 0 aliphatic heterocycles. The van der Waals surface area contributed by atoms with Crippen molar-refractivity contribution in [3.05, 3.63) is 47.6 Å². The van der Waals surface area contributed by atoms with Gasteiger partial charge in [-0.2, -0.15) is 0 Å². The topological polar surface area (TPSA) is 0 Å². The molecule has 0 N–H and O–H groups in total. The van der Waals surface area contributed by atoms with Crippen LogP contribution < -0.4 is 0 Å². The van der Waals surface area contributed by atoms with Crippen LogP contribution in [-0.2, 0) is 17.4 Å². The van der Waals surface area contributed by atoms with Crippen LogP contribution in [0.1, 0.15) is 12.8 Å². The summed E-state index contributed by atoms with van der Waals surface area (Å²) < 4.78 is 0.586. The Bertz CT molecular complexity index is 262. The van der Waals surface area contributed by atoms with E-state index in [0.717, 1.165) is 12.8 Å². The second-order valence-electron chi connectivity index (χ2n) is 3.15. The third-order valence-corrected chi connectivity index (χ3v) is 3.34. The van der Waals surface area contributed by atoms with Gasteiger partial charge in [0.15, 0.2) is 0 Å². The zero-order valence-corrected chi connectivity index (χ0v) is 8.30. The SMILES string of the molecule is [V][CH](C1=CC=CC1)C1=CC=CC1. The zero-order valence-electron chi connectivity index (χ0n) is 6.90. The van der Waals surface area contributed by atoms with Crippen LogP contribution >= 0.6 is 0 Å². The predicted molar refractivity (Wildman–Crippen MR) is 47.4 cm³/mol. The summed E-state index contributed by atoms with van der Waals surface area (Å²) in [5.41, 5.74) is 3.06. The molecular weight excluding hydrogens is 183 g/mol. The number of hydrogen-bond donors (Lipinski definition) is 0. The van der Waals surface area contributed by atoms with Crippen LogP contribution in [0.5, 0.6) is 0 Å². The Morgan fingerprint density at radius 1 is 1.00 bits per heavy atom. The van der Waals surface area contributed by atoms with Gasteiger partial charge < -0.3 is 0 Å². The molecule has 0 aromatic rings. The van der Waals surface area contributed by atoms with Crippen molar-refractivity contribution in [1.82, 2.24) is 0 Å². The van der Waals surface area contributed by atoms with Gasteiger partial charge in [0.2, 0.25) is 0 Å². The molecule has 60 valence electrons. The molecule has 2 aliphatic rings. The average Bonchev–Trinajstić information content (AvgIpc) is 2.77. The third-order valence-electron chi connectivity index (χ3n) is 2.30. The first-order valence-corrected chi connectivity index (χ1v) is 5.08. The summed E-state index contributed by atoms with van der Waals surface area (Å²) in [4.78, 5) is 0. The van der Waals surface area contributed by atoms with Crippen molar-refractivity contribution < 1.29 is 17.4 Å². The first-order valence-electron chi connectivity index (χ1n) is 4.27. The van der Waals surface area contributed by atoms with Crippen molar-refractivity contribution in [3.8, 4) is 0 Å². The van der Waals surface area contributed by atoms with Gasteiger partial charge in [-0.1, -0.05) is 0 Å². The Hall–Kier alpha value is -0.456. The van der Waals surface area contributed by atoms with Crippen molar-refractivity contribution in [1.29, 1.82) is 0 Å². The van der Waals surface area contributed by atoms with Gasteiger partial charge >= 0.3 is 82.5 Å². The second kappa shape index (κ2) is 3.51. The molecule has 0 fully saturated rings. The van der Waals surface area contributed by atoms with Gasteiger partial charge in [0.25, 0.3) is 0 Å². The van der Waals surface area contributed by atoms with E-state index in [1.165, 1.54) is 11.1 Å². The molecule has 0 heterocycles. The van der Waals surface area contributed by atoms with E-state index in [0.29, 0.717) is 4.63 Å². The summed E-state index contributed by atoms with van der Waals surface area (Å²) in [6, 6.07) is 0. The molecule has 0 unspecified atom stereocenters. The molecule has 2 rings (SSSR count). The van der Waals surface area contributed by atoms with Gasteiger partial charge in [0, 0.05) is 0 Å². The number of hydrogen-bond acceptors (Lipinski definition) is 0. The maximum atomic E-state index is 2.77. The first kappa shape index (κ1) is 8.16. The molecule has 0 aromatic heterocycles. The standard InChI is InChI=1S/C11H11.V/c1-2-6-10(5-1)9-11-7-3-4-8-11;/h1-5,7,9H,6,8H2;. The van der Waals surface area contributed by atoms with E-state index in [2.05, 4.69) is 53.9 Å². The van der Waals surface area contributed by atoms with Gasteiger partial charge in [0.05, 0.1) is 0 Å². The predicted octanol–water partition coefficient (Wildman–Crippen LogP) is 3.09. The summed E-state index contributed by atoms with van der Waals surface area (Å²) in [6.07, 6.45) is 15.5. The van der Waals surface area contributed by atoms with Crippen molar-refractivity contribution in [2.75, 3.05) is 0 Å². The van der Waals surface area contributed by atoms with Crippen molar-refractivity contribution in [2.45, 2.75) is 17.5 Å². The van der Waals surface area contributed by atoms with E-state index in [9.17, 15) is 0 Å². The molecule has 0 saturated heterocycles. The molecule has 1 heteroatoms. The average molecular weight is 194 g/mol. The molecule has 2 aliphatic carbocycles. The molecule has 0 aromatic carbocycles. The molecule has 0 saturated carbocycles. The normalized spacial score (nSPS) is 20.4. The Kier molecular flexibility index (Phi) is 2.39. The Labute approximate surface area is 82.7 Å². The summed E-state index contributed by atoms with van der Waals surface area (Å²) in [7, 11) is 0. The van der Waals surface area contributed by atoms with Gasteiger partial charge in [-0.05, 0) is 0 Å². The minimum absolute atomic E-state index is 0.586. The monoisotopic (exact) mass is 194 g/mol. The fourth-order valence-electron chi connectivity index (χ4n) is 1.57. The van der Waals surface area contributed by atoms with Crippen molar-refractivity contribution >= 4 is 0 Å². The van der Waals surface area contributed by atoms with Gasteiger partial charge in [-0.25, -0.2) is 0 Å². The fourth-order valence-corrected chi connectivity index (χ4v) is 2.17. The first-order chi connectivity index (χ1) is 5.88. The summed E-state index contributed by atoms with van der Waals surface area (Å²) in [6.45, 7) is 0. The summed E-state index contributed by atoms with van der Waals surface area (Å²) in [5, 5.41) is 0. The van der Waals surface area contributed by atoms with E-state index in [-0.39, 0.29) is 0 Å². The van der Waals surface area contributed by atoms with E-state index in [1.54, 1.807) is 0 Å². The molecule has 0 radical (unpaired) electrons. The van der Waals surface area contributed by atoms with E-state index in [4.69, 9.17) is 0 Å². The molecule has 0 spiro atoms. The zero-order chi connectivity index (χ0) is 8.39. The van der Waals surface area contributed by atoms with Crippen LogP contribution in [0.4, 0.5) is 0 Å². The van der Waals surface area contributed by atoms with Crippen LogP contribution in [0.2, 0.25) is 4.63 Å². The van der Waals surface area contributed by atoms with E-state index >= 15 is 0 Å². The van der Waals surface area contributed by atoms with Crippen LogP contribution in [-0.4, -0.2) is 0 Å². The number of allylic oxidation sites excluding steroid dienone is 8. The second-order valence-corrected chi connectivity index (χ2v) is 3.96. The molecule has 12 heavy (non-hydrogen) atoms. The van der Waals surface area contributed by atoms with Crippen LogP contribution in [0.25, 0.3) is 0 Å². The molecule has 0 bridgehead atoms. The van der Waals surface area contributed by atoms with Crippen molar-refractivity contribution in [2.24, 2.45) is 0 Å². The Morgan fingerprint density at radius 3 is 1.83 bits per heavy atom. The molecule has 0 atom stereocenters. The quantitative estimate of drug-likeness (QED) is 0.633. The number of rotatable bonds is 2. The van der Waals surface area contributed by atoms with Crippen LogP contribution in [0.3, 0.4) is 0 Å². The van der Waals surface area contributed by atoms with Gasteiger partial charge in [0.1, 0.15) is 0 Å².